The zero-order valence-electron chi connectivity index (χ0n) is 9.84. The maximum absolute atomic E-state index is 9.94. The minimum atomic E-state index is 0.453. The molecule has 3 nitrogen and oxygen atoms in total. The van der Waals surface area contributed by atoms with Crippen LogP contribution in [0.15, 0.2) is 35.6 Å². The fourth-order valence-corrected chi connectivity index (χ4v) is 2.11. The van der Waals surface area contributed by atoms with Gasteiger partial charge in [-0.05, 0) is 48.1 Å². The van der Waals surface area contributed by atoms with Gasteiger partial charge in [0.15, 0.2) is 0 Å². The number of nitroso groups, excluding NO2 is 1. The first-order valence-electron chi connectivity index (χ1n) is 6.08. The van der Waals surface area contributed by atoms with E-state index in [1.165, 1.54) is 24.6 Å². The number of rotatable bonds is 5. The van der Waals surface area contributed by atoms with Gasteiger partial charge in [-0.1, -0.05) is 24.3 Å². The van der Waals surface area contributed by atoms with E-state index in [0.29, 0.717) is 6.10 Å². The van der Waals surface area contributed by atoms with Gasteiger partial charge in [-0.2, -0.15) is 0 Å². The molecule has 0 bridgehead atoms. The number of nitrogens with zero attached hydrogens (tertiary/aromatic N) is 1. The number of ether oxygens (including phenoxy) is 1. The molecule has 2 rings (SSSR count). The summed E-state index contributed by atoms with van der Waals surface area (Å²) < 4.78 is 5.59. The maximum atomic E-state index is 9.94. The highest BCUT2D eigenvalue weighted by molar-refractivity contribution is 5.49. The van der Waals surface area contributed by atoms with Crippen LogP contribution in [0, 0.1) is 4.91 Å². The molecule has 1 aromatic rings. The molecule has 1 heterocycles. The summed E-state index contributed by atoms with van der Waals surface area (Å²) >= 11 is 0. The van der Waals surface area contributed by atoms with Gasteiger partial charge in [0.25, 0.3) is 0 Å². The van der Waals surface area contributed by atoms with Crippen molar-refractivity contribution < 1.29 is 4.74 Å². The monoisotopic (exact) mass is 231 g/mol. The van der Waals surface area contributed by atoms with E-state index in [0.717, 1.165) is 25.0 Å². The largest absolute Gasteiger partial charge is 0.378 e. The quantitative estimate of drug-likeness (QED) is 0.727. The Labute approximate surface area is 101 Å². The van der Waals surface area contributed by atoms with Gasteiger partial charge in [0, 0.05) is 6.61 Å². The summed E-state index contributed by atoms with van der Waals surface area (Å²) in [6.45, 7) is 0.924. The zero-order valence-corrected chi connectivity index (χ0v) is 9.84. The third-order valence-corrected chi connectivity index (χ3v) is 3.09. The number of hydrogen-bond acceptors (Lipinski definition) is 3. The first-order chi connectivity index (χ1) is 8.38. The summed E-state index contributed by atoms with van der Waals surface area (Å²) in [5.41, 5.74) is 2.32. The number of hydrogen-bond donors (Lipinski definition) is 0. The molecule has 1 unspecified atom stereocenters. The first-order valence-corrected chi connectivity index (χ1v) is 6.08. The van der Waals surface area contributed by atoms with Crippen molar-refractivity contribution >= 4 is 6.08 Å². The Kier molecular flexibility index (Phi) is 4.45. The molecule has 17 heavy (non-hydrogen) atoms. The Morgan fingerprint density at radius 1 is 1.35 bits per heavy atom. The second-order valence-corrected chi connectivity index (χ2v) is 4.34. The van der Waals surface area contributed by atoms with E-state index >= 15 is 0 Å². The molecule has 0 aliphatic carbocycles. The molecule has 0 aromatic heterocycles. The lowest BCUT2D eigenvalue weighted by molar-refractivity contribution is 0.104. The molecule has 1 aliphatic heterocycles. The Hall–Kier alpha value is -1.48. The number of benzene rings is 1. The molecule has 90 valence electrons. The van der Waals surface area contributed by atoms with Crippen LogP contribution in [0.25, 0.3) is 6.08 Å². The van der Waals surface area contributed by atoms with Crippen molar-refractivity contribution in [3.63, 3.8) is 0 Å². The highest BCUT2D eigenvalue weighted by Crippen LogP contribution is 2.18. The molecule has 0 N–H and O–H groups in total. The second kappa shape index (κ2) is 6.30. The summed E-state index contributed by atoms with van der Waals surface area (Å²) in [6.07, 6.45) is 7.98. The summed E-state index contributed by atoms with van der Waals surface area (Å²) in [7, 11) is 0. The Bertz CT molecular complexity index is 378. The van der Waals surface area contributed by atoms with Crippen molar-refractivity contribution in [1.29, 1.82) is 0 Å². The van der Waals surface area contributed by atoms with Gasteiger partial charge in [0.2, 0.25) is 0 Å². The van der Waals surface area contributed by atoms with Crippen molar-refractivity contribution in [3.05, 3.63) is 46.5 Å². The molecule has 0 radical (unpaired) electrons. The van der Waals surface area contributed by atoms with E-state index in [1.807, 2.05) is 12.1 Å². The predicted octanol–water partition coefficient (Wildman–Crippen LogP) is 3.54. The van der Waals surface area contributed by atoms with E-state index in [1.54, 1.807) is 6.08 Å². The molecular weight excluding hydrogens is 214 g/mol. The normalized spacial score (nSPS) is 19.9. The van der Waals surface area contributed by atoms with Crippen LogP contribution in [0.1, 0.15) is 30.4 Å². The van der Waals surface area contributed by atoms with Crippen LogP contribution in [-0.4, -0.2) is 12.7 Å². The van der Waals surface area contributed by atoms with Crippen LogP contribution in [-0.2, 0) is 11.2 Å². The summed E-state index contributed by atoms with van der Waals surface area (Å²) in [5.74, 6) is 0. The lowest BCUT2D eigenvalue weighted by Gasteiger charge is -2.08. The van der Waals surface area contributed by atoms with E-state index < -0.39 is 0 Å². The fraction of sp³-hybridized carbons (Fsp3) is 0.429. The van der Waals surface area contributed by atoms with E-state index in [2.05, 4.69) is 17.3 Å². The fourth-order valence-electron chi connectivity index (χ4n) is 2.11. The first kappa shape index (κ1) is 12.0. The number of aryl methyl sites for hydroxylation is 1. The Morgan fingerprint density at radius 2 is 2.18 bits per heavy atom. The molecular formula is C14H17NO2. The summed E-state index contributed by atoms with van der Waals surface area (Å²) in [5, 5.41) is 2.69. The molecule has 1 aliphatic rings. The van der Waals surface area contributed by atoms with Gasteiger partial charge < -0.3 is 4.74 Å². The van der Waals surface area contributed by atoms with Crippen LogP contribution < -0.4 is 0 Å². The highest BCUT2D eigenvalue weighted by Gasteiger charge is 2.14. The van der Waals surface area contributed by atoms with E-state index in [4.69, 9.17) is 4.74 Å². The van der Waals surface area contributed by atoms with Crippen LogP contribution in [0.3, 0.4) is 0 Å². The summed E-state index contributed by atoms with van der Waals surface area (Å²) in [4.78, 5) is 9.94. The second-order valence-electron chi connectivity index (χ2n) is 4.34. The standard InChI is InChI=1S/C14H17NO2/c16-15-10-9-13-5-3-12(4-6-13)7-8-14-2-1-11-17-14/h3-6,9-10,14H,1-2,7-8,11H2/b10-9+. The smallest absolute Gasteiger partial charge is 0.0720 e. The van der Waals surface area contributed by atoms with Gasteiger partial charge in [0.05, 0.1) is 12.3 Å². The van der Waals surface area contributed by atoms with Gasteiger partial charge in [-0.15, -0.1) is 4.91 Å². The molecule has 1 aromatic carbocycles. The molecule has 0 amide bonds. The third kappa shape index (κ3) is 3.79. The Morgan fingerprint density at radius 3 is 2.82 bits per heavy atom. The predicted molar refractivity (Wildman–Crippen MR) is 68.6 cm³/mol. The molecule has 1 saturated heterocycles. The van der Waals surface area contributed by atoms with Gasteiger partial charge >= 0.3 is 0 Å². The summed E-state index contributed by atoms with van der Waals surface area (Å²) in [6, 6.07) is 8.21. The maximum Gasteiger partial charge on any atom is 0.0720 e. The lowest BCUT2D eigenvalue weighted by atomic mass is 10.0. The molecule has 3 heteroatoms. The van der Waals surface area contributed by atoms with Crippen molar-refractivity contribution in [3.8, 4) is 0 Å². The van der Waals surface area contributed by atoms with Crippen molar-refractivity contribution in [2.45, 2.75) is 31.8 Å². The van der Waals surface area contributed by atoms with Gasteiger partial charge in [0.1, 0.15) is 0 Å². The molecule has 1 fully saturated rings. The lowest BCUT2D eigenvalue weighted by Crippen LogP contribution is -2.05. The molecule has 0 spiro atoms. The molecule has 1 atom stereocenters. The topological polar surface area (TPSA) is 38.7 Å². The van der Waals surface area contributed by atoms with Gasteiger partial charge in [-0.25, -0.2) is 0 Å². The minimum absolute atomic E-state index is 0.453. The van der Waals surface area contributed by atoms with Crippen molar-refractivity contribution in [2.24, 2.45) is 5.18 Å². The SMILES string of the molecule is O=N/C=C/c1ccc(CCC2CCCO2)cc1. The van der Waals surface area contributed by atoms with Crippen LogP contribution in [0.2, 0.25) is 0 Å². The van der Waals surface area contributed by atoms with E-state index in [-0.39, 0.29) is 0 Å². The zero-order chi connectivity index (χ0) is 11.9. The molecule has 0 saturated carbocycles. The Balaban J connectivity index is 1.84. The average Bonchev–Trinajstić information content (AvgIpc) is 2.88. The van der Waals surface area contributed by atoms with Crippen LogP contribution >= 0.6 is 0 Å². The third-order valence-electron chi connectivity index (χ3n) is 3.09. The van der Waals surface area contributed by atoms with Gasteiger partial charge in [-0.3, -0.25) is 0 Å². The minimum Gasteiger partial charge on any atom is -0.378 e. The van der Waals surface area contributed by atoms with E-state index in [9.17, 15) is 4.91 Å². The highest BCUT2D eigenvalue weighted by atomic mass is 16.5. The van der Waals surface area contributed by atoms with Crippen LogP contribution in [0.5, 0.6) is 0 Å². The van der Waals surface area contributed by atoms with Crippen molar-refractivity contribution in [1.82, 2.24) is 0 Å². The van der Waals surface area contributed by atoms with Crippen LogP contribution in [0.4, 0.5) is 0 Å². The van der Waals surface area contributed by atoms with Crippen molar-refractivity contribution in [2.75, 3.05) is 6.61 Å². The average molecular weight is 231 g/mol.